The van der Waals surface area contributed by atoms with Crippen LogP contribution in [-0.2, 0) is 0 Å². The van der Waals surface area contributed by atoms with Gasteiger partial charge >= 0.3 is 0 Å². The minimum absolute atomic E-state index is 0.583. The van der Waals surface area contributed by atoms with Gasteiger partial charge in [-0.05, 0) is 154 Å². The number of rotatable bonds is 3. The SMILES string of the molecule is C1CC2C3CCC(C3)C2C1.CC.CC.CC.CC1CC2C3CCC(C3)C2C1.N#COc1ccccc1.N#COc1ccccc1.N#COc1ccccc1. The number of hydrogen-bond acceptors (Lipinski definition) is 6. The normalized spacial score (nSPS) is 27.2. The van der Waals surface area contributed by atoms with E-state index in [1.807, 2.05) is 96.1 Å². The van der Waals surface area contributed by atoms with Gasteiger partial charge < -0.3 is 14.2 Å². The maximum Gasteiger partial charge on any atom is 0.292 e. The fourth-order valence-electron chi connectivity index (χ4n) is 9.93. The lowest BCUT2D eigenvalue weighted by Crippen LogP contribution is -2.15. The van der Waals surface area contributed by atoms with Crippen LogP contribution in [0.25, 0.3) is 0 Å². The van der Waals surface area contributed by atoms with Gasteiger partial charge in [0.25, 0.3) is 18.8 Å². The highest BCUT2D eigenvalue weighted by atomic mass is 16.5. The number of hydrogen-bond donors (Lipinski definition) is 0. The molecule has 8 unspecified atom stereocenters. The second kappa shape index (κ2) is 27.2. The summed E-state index contributed by atoms with van der Waals surface area (Å²) in [5, 5.41) is 24.1. The van der Waals surface area contributed by atoms with Gasteiger partial charge in [0.2, 0.25) is 0 Å². The molecule has 6 saturated carbocycles. The monoisotopic (exact) mass is 734 g/mol. The smallest absolute Gasteiger partial charge is 0.292 e. The van der Waals surface area contributed by atoms with Gasteiger partial charge in [0, 0.05) is 0 Å². The van der Waals surface area contributed by atoms with Crippen LogP contribution in [0, 0.1) is 87.8 Å². The summed E-state index contributed by atoms with van der Waals surface area (Å²) in [6, 6.07) is 26.8. The molecule has 292 valence electrons. The summed E-state index contributed by atoms with van der Waals surface area (Å²) in [6.07, 6.45) is 22.2. The number of nitriles is 3. The van der Waals surface area contributed by atoms with Crippen LogP contribution in [0.2, 0.25) is 0 Å². The molecule has 0 spiro atoms. The van der Waals surface area contributed by atoms with Crippen molar-refractivity contribution < 1.29 is 14.2 Å². The molecule has 3 aromatic rings. The Balaban J connectivity index is 0.000000226. The molecule has 0 amide bonds. The van der Waals surface area contributed by atoms with Crippen molar-refractivity contribution in [1.82, 2.24) is 0 Å². The van der Waals surface area contributed by atoms with E-state index in [4.69, 9.17) is 15.8 Å². The zero-order chi connectivity index (χ0) is 39.6. The van der Waals surface area contributed by atoms with Crippen molar-refractivity contribution in [3.05, 3.63) is 91.0 Å². The third-order valence-electron chi connectivity index (χ3n) is 11.7. The van der Waals surface area contributed by atoms with Gasteiger partial charge in [-0.2, -0.15) is 0 Å². The molecule has 0 saturated heterocycles. The highest BCUT2D eigenvalue weighted by Crippen LogP contribution is 2.60. The van der Waals surface area contributed by atoms with E-state index in [9.17, 15) is 0 Å². The van der Waals surface area contributed by atoms with Crippen LogP contribution in [0.1, 0.15) is 119 Å². The van der Waals surface area contributed by atoms with Crippen molar-refractivity contribution in [2.75, 3.05) is 0 Å². The zero-order valence-electron chi connectivity index (χ0n) is 34.2. The van der Waals surface area contributed by atoms with E-state index >= 15 is 0 Å². The van der Waals surface area contributed by atoms with Gasteiger partial charge in [-0.15, -0.1) is 15.8 Å². The van der Waals surface area contributed by atoms with Gasteiger partial charge in [0.15, 0.2) is 0 Å². The average molecular weight is 734 g/mol. The van der Waals surface area contributed by atoms with Crippen LogP contribution in [-0.4, -0.2) is 0 Å². The molecule has 0 heterocycles. The van der Waals surface area contributed by atoms with Crippen LogP contribution in [0.3, 0.4) is 0 Å². The Morgan fingerprint density at radius 2 is 0.685 bits per heavy atom. The molecule has 8 atom stereocenters. The molecular formula is C48H67N3O3. The molecule has 4 bridgehead atoms. The predicted octanol–water partition coefficient (Wildman–Crippen LogP) is 13.6. The van der Waals surface area contributed by atoms with Crippen molar-refractivity contribution in [2.45, 2.75) is 119 Å². The Bertz CT molecular complexity index is 1340. The van der Waals surface area contributed by atoms with E-state index in [1.165, 1.54) is 47.3 Å². The molecular weight excluding hydrogens is 667 g/mol. The Labute approximate surface area is 328 Å². The van der Waals surface area contributed by atoms with Crippen LogP contribution in [0.15, 0.2) is 91.0 Å². The Kier molecular flexibility index (Phi) is 23.0. The van der Waals surface area contributed by atoms with Crippen molar-refractivity contribution >= 4 is 0 Å². The summed E-state index contributed by atoms with van der Waals surface area (Å²) in [5.41, 5.74) is 0. The average Bonchev–Trinajstić information content (AvgIpc) is 4.10. The topological polar surface area (TPSA) is 99.1 Å². The van der Waals surface area contributed by atoms with Crippen LogP contribution in [0.5, 0.6) is 17.2 Å². The first-order valence-corrected chi connectivity index (χ1v) is 20.9. The van der Waals surface area contributed by atoms with E-state index in [-0.39, 0.29) is 0 Å². The molecule has 0 aliphatic heterocycles. The highest BCUT2D eigenvalue weighted by Gasteiger charge is 2.51. The summed E-state index contributed by atoms with van der Waals surface area (Å²) < 4.78 is 13.5. The number of benzene rings is 3. The van der Waals surface area contributed by atoms with Crippen LogP contribution < -0.4 is 14.2 Å². The fourth-order valence-corrected chi connectivity index (χ4v) is 9.93. The van der Waals surface area contributed by atoms with E-state index in [0.29, 0.717) is 17.2 Å². The largest absolute Gasteiger partial charge is 0.388 e. The maximum absolute atomic E-state index is 8.05. The molecule has 54 heavy (non-hydrogen) atoms. The minimum Gasteiger partial charge on any atom is -0.388 e. The molecule has 6 aliphatic carbocycles. The van der Waals surface area contributed by atoms with E-state index < -0.39 is 0 Å². The lowest BCUT2D eigenvalue weighted by atomic mass is 9.82. The lowest BCUT2D eigenvalue weighted by Gasteiger charge is -2.23. The number of fused-ring (bicyclic) bond motifs is 10. The van der Waals surface area contributed by atoms with Gasteiger partial charge in [-0.3, -0.25) is 0 Å². The first-order valence-electron chi connectivity index (χ1n) is 20.9. The summed E-state index contributed by atoms with van der Waals surface area (Å²) >= 11 is 0. The van der Waals surface area contributed by atoms with Gasteiger partial charge in [0.1, 0.15) is 17.2 Å². The minimum atomic E-state index is 0.583. The number of nitrogens with zero attached hydrogens (tertiary/aromatic N) is 3. The first-order chi connectivity index (χ1) is 26.6. The molecule has 0 radical (unpaired) electrons. The van der Waals surface area contributed by atoms with Gasteiger partial charge in [0.05, 0.1) is 0 Å². The van der Waals surface area contributed by atoms with E-state index in [2.05, 4.69) is 21.1 Å². The summed E-state index contributed by atoms with van der Waals surface area (Å²) in [6.45, 7) is 14.5. The summed E-state index contributed by atoms with van der Waals surface area (Å²) in [5.74, 6) is 12.3. The number of para-hydroxylation sites is 3. The van der Waals surface area contributed by atoms with Crippen molar-refractivity contribution in [1.29, 1.82) is 15.8 Å². The van der Waals surface area contributed by atoms with E-state index in [0.717, 1.165) is 5.92 Å². The molecule has 0 N–H and O–H groups in total. The van der Waals surface area contributed by atoms with Crippen LogP contribution >= 0.6 is 0 Å². The predicted molar refractivity (Wildman–Crippen MR) is 220 cm³/mol. The van der Waals surface area contributed by atoms with Crippen LogP contribution in [0.4, 0.5) is 0 Å². The van der Waals surface area contributed by atoms with Gasteiger partial charge in [-0.25, -0.2) is 0 Å². The maximum atomic E-state index is 8.05. The third-order valence-corrected chi connectivity index (χ3v) is 11.7. The molecule has 6 fully saturated rings. The number of ether oxygens (including phenoxy) is 3. The van der Waals surface area contributed by atoms with Crippen molar-refractivity contribution in [3.63, 3.8) is 0 Å². The lowest BCUT2D eigenvalue weighted by molar-refractivity contribution is 0.259. The summed E-state index contributed by atoms with van der Waals surface area (Å²) in [4.78, 5) is 0. The Hall–Kier alpha value is -4.47. The van der Waals surface area contributed by atoms with Crippen molar-refractivity contribution in [2.24, 2.45) is 53.3 Å². The fraction of sp³-hybridized carbons (Fsp3) is 0.562. The second-order valence-electron chi connectivity index (χ2n) is 14.3. The molecule has 3 aromatic carbocycles. The standard InChI is InChI=1S/C11H18.C10H16.3C7H5NO.3C2H6/c1-7-4-10-8-2-3-9(6-8)11(10)5-7;1-2-9-7-4-5-8(6-7)10(9)3-1;3*8-6-9-7-4-2-1-3-5-7;3*1-2/h7-11H,2-6H2,1H3;7-10H,1-6H2;3*1-5H;3*1-2H3. The molecule has 9 rings (SSSR count). The van der Waals surface area contributed by atoms with Gasteiger partial charge in [-0.1, -0.05) is 109 Å². The summed E-state index contributed by atoms with van der Waals surface area (Å²) in [7, 11) is 0. The Morgan fingerprint density at radius 1 is 0.407 bits per heavy atom. The highest BCUT2D eigenvalue weighted by molar-refractivity contribution is 5.23. The van der Waals surface area contributed by atoms with Crippen molar-refractivity contribution in [3.8, 4) is 36.0 Å². The van der Waals surface area contributed by atoms with E-state index in [1.54, 1.807) is 126 Å². The zero-order valence-corrected chi connectivity index (χ0v) is 34.2. The first kappa shape index (κ1) is 45.7. The quantitative estimate of drug-likeness (QED) is 0.248. The molecule has 0 aromatic heterocycles. The molecule has 6 nitrogen and oxygen atoms in total. The second-order valence-corrected chi connectivity index (χ2v) is 14.3. The molecule has 6 heteroatoms. The molecule has 6 aliphatic rings. The Morgan fingerprint density at radius 3 is 0.963 bits per heavy atom. The third kappa shape index (κ3) is 14.4.